The van der Waals surface area contributed by atoms with Crippen molar-refractivity contribution in [3.63, 3.8) is 0 Å². The van der Waals surface area contributed by atoms with E-state index >= 15 is 0 Å². The quantitative estimate of drug-likeness (QED) is 0.366. The van der Waals surface area contributed by atoms with E-state index in [2.05, 4.69) is 55.3 Å². The van der Waals surface area contributed by atoms with Crippen LogP contribution >= 0.6 is 11.8 Å². The van der Waals surface area contributed by atoms with E-state index in [0.29, 0.717) is 11.1 Å². The summed E-state index contributed by atoms with van der Waals surface area (Å²) >= 11 is 1.38. The largest absolute Gasteiger partial charge is 0.483 e. The lowest BCUT2D eigenvalue weighted by atomic mass is 10.0. The molecule has 7 heteroatoms. The Morgan fingerprint density at radius 2 is 1.73 bits per heavy atom. The fraction of sp³-hybridized carbons (Fsp3) is 0.423. The second-order valence-electron chi connectivity index (χ2n) is 8.94. The molecule has 1 heterocycles. The van der Waals surface area contributed by atoms with Crippen molar-refractivity contribution in [3.05, 3.63) is 65.0 Å². The van der Waals surface area contributed by atoms with Gasteiger partial charge in [0.15, 0.2) is 17.1 Å². The molecule has 0 saturated heterocycles. The van der Waals surface area contributed by atoms with Crippen LogP contribution in [0.25, 0.3) is 0 Å². The maximum absolute atomic E-state index is 12.6. The number of nitrogens with one attached hydrogen (secondary N) is 1. The monoisotopic (exact) mass is 466 g/mol. The SMILES string of the molecule is Cc1ccc(C)c(NC(=O)CSc2nnc(C(C)Oc3ccc(C(C)C)cc3)n2C(C)C)c1. The summed E-state index contributed by atoms with van der Waals surface area (Å²) in [6, 6.07) is 14.3. The summed E-state index contributed by atoms with van der Waals surface area (Å²) in [6.07, 6.45) is -0.275. The van der Waals surface area contributed by atoms with Crippen molar-refractivity contribution in [3.8, 4) is 5.75 Å². The fourth-order valence-electron chi connectivity index (χ4n) is 3.52. The van der Waals surface area contributed by atoms with Crippen molar-refractivity contribution >= 4 is 23.4 Å². The molecule has 0 aliphatic heterocycles. The number of hydrogen-bond acceptors (Lipinski definition) is 5. The zero-order valence-electron chi connectivity index (χ0n) is 20.5. The summed E-state index contributed by atoms with van der Waals surface area (Å²) in [5.74, 6) is 2.21. The number of thioether (sulfide) groups is 1. The van der Waals surface area contributed by atoms with E-state index in [9.17, 15) is 4.79 Å². The Labute approximate surface area is 201 Å². The van der Waals surface area contributed by atoms with Crippen molar-refractivity contribution < 1.29 is 9.53 Å². The van der Waals surface area contributed by atoms with E-state index in [0.717, 1.165) is 28.4 Å². The predicted octanol–water partition coefficient (Wildman–Crippen LogP) is 6.47. The molecule has 1 amide bonds. The molecule has 0 aliphatic rings. The molecular weight excluding hydrogens is 432 g/mol. The van der Waals surface area contributed by atoms with Gasteiger partial charge in [0.1, 0.15) is 5.75 Å². The van der Waals surface area contributed by atoms with Gasteiger partial charge in [-0.05, 0) is 75.4 Å². The molecule has 0 fully saturated rings. The van der Waals surface area contributed by atoms with Crippen LogP contribution < -0.4 is 10.1 Å². The highest BCUT2D eigenvalue weighted by Crippen LogP contribution is 2.28. The molecule has 3 rings (SSSR count). The maximum atomic E-state index is 12.6. The summed E-state index contributed by atoms with van der Waals surface area (Å²) in [5.41, 5.74) is 4.27. The third-order valence-corrected chi connectivity index (χ3v) is 6.37. The minimum Gasteiger partial charge on any atom is -0.483 e. The first kappa shape index (κ1) is 24.8. The number of carbonyl (C=O) groups is 1. The van der Waals surface area contributed by atoms with E-state index in [1.807, 2.05) is 55.7 Å². The second kappa shape index (κ2) is 10.9. The highest BCUT2D eigenvalue weighted by atomic mass is 32.2. The Morgan fingerprint density at radius 1 is 1.03 bits per heavy atom. The number of anilines is 1. The highest BCUT2D eigenvalue weighted by Gasteiger charge is 2.22. The van der Waals surface area contributed by atoms with E-state index in [4.69, 9.17) is 4.74 Å². The molecule has 2 aromatic carbocycles. The smallest absolute Gasteiger partial charge is 0.234 e. The first-order valence-corrected chi connectivity index (χ1v) is 12.4. The number of benzene rings is 2. The standard InChI is InChI=1S/C26H34N4O2S/c1-16(2)21-10-12-22(13-11-21)32-20(7)25-28-29-26(30(25)17(3)4)33-15-24(31)27-23-14-18(5)8-9-19(23)6/h8-14,16-17,20H,15H2,1-7H3,(H,27,31). The third-order valence-electron chi connectivity index (χ3n) is 5.43. The number of amides is 1. The molecule has 6 nitrogen and oxygen atoms in total. The Hall–Kier alpha value is -2.80. The molecule has 1 N–H and O–H groups in total. The van der Waals surface area contributed by atoms with Crippen molar-refractivity contribution in [2.75, 3.05) is 11.1 Å². The number of aromatic nitrogens is 3. The van der Waals surface area contributed by atoms with Gasteiger partial charge < -0.3 is 14.6 Å². The lowest BCUT2D eigenvalue weighted by molar-refractivity contribution is -0.113. The number of aryl methyl sites for hydroxylation is 2. The molecule has 3 aromatic rings. The summed E-state index contributed by atoms with van der Waals surface area (Å²) in [4.78, 5) is 12.6. The van der Waals surface area contributed by atoms with E-state index < -0.39 is 0 Å². The molecule has 0 aliphatic carbocycles. The maximum Gasteiger partial charge on any atom is 0.234 e. The average molecular weight is 467 g/mol. The van der Waals surface area contributed by atoms with Crippen LogP contribution in [0.15, 0.2) is 47.6 Å². The van der Waals surface area contributed by atoms with Gasteiger partial charge in [0, 0.05) is 11.7 Å². The van der Waals surface area contributed by atoms with Gasteiger partial charge in [-0.1, -0.05) is 49.9 Å². The van der Waals surface area contributed by atoms with Gasteiger partial charge >= 0.3 is 0 Å². The number of hydrogen-bond donors (Lipinski definition) is 1. The van der Waals surface area contributed by atoms with Crippen molar-refractivity contribution in [2.45, 2.75) is 71.7 Å². The summed E-state index contributed by atoms with van der Waals surface area (Å²) < 4.78 is 8.20. The van der Waals surface area contributed by atoms with Crippen molar-refractivity contribution in [2.24, 2.45) is 0 Å². The zero-order valence-corrected chi connectivity index (χ0v) is 21.4. The topological polar surface area (TPSA) is 69.0 Å². The molecule has 1 atom stereocenters. The summed E-state index contributed by atoms with van der Waals surface area (Å²) in [6.45, 7) is 14.5. The molecule has 0 bridgehead atoms. The third kappa shape index (κ3) is 6.38. The van der Waals surface area contributed by atoms with Crippen LogP contribution in [0.5, 0.6) is 5.75 Å². The van der Waals surface area contributed by atoms with E-state index in [1.54, 1.807) is 0 Å². The van der Waals surface area contributed by atoms with Gasteiger partial charge in [-0.25, -0.2) is 0 Å². The molecule has 0 saturated carbocycles. The molecule has 1 unspecified atom stereocenters. The highest BCUT2D eigenvalue weighted by molar-refractivity contribution is 7.99. The van der Waals surface area contributed by atoms with Crippen LogP contribution in [0.1, 0.15) is 75.2 Å². The Bertz CT molecular complexity index is 1090. The van der Waals surface area contributed by atoms with Gasteiger partial charge in [-0.2, -0.15) is 0 Å². The van der Waals surface area contributed by atoms with Crippen LogP contribution in [-0.4, -0.2) is 26.4 Å². The number of rotatable bonds is 9. The van der Waals surface area contributed by atoms with Crippen molar-refractivity contribution in [1.29, 1.82) is 0 Å². The minimum absolute atomic E-state index is 0.0666. The lowest BCUT2D eigenvalue weighted by Crippen LogP contribution is -2.17. The Morgan fingerprint density at radius 3 is 2.36 bits per heavy atom. The van der Waals surface area contributed by atoms with Crippen LogP contribution in [0.2, 0.25) is 0 Å². The summed E-state index contributed by atoms with van der Waals surface area (Å²) in [7, 11) is 0. The second-order valence-corrected chi connectivity index (χ2v) is 9.89. The predicted molar refractivity (Wildman–Crippen MR) is 135 cm³/mol. The molecule has 33 heavy (non-hydrogen) atoms. The van der Waals surface area contributed by atoms with Crippen LogP contribution in [0.3, 0.4) is 0 Å². The van der Waals surface area contributed by atoms with Crippen LogP contribution in [0, 0.1) is 13.8 Å². The van der Waals surface area contributed by atoms with Gasteiger partial charge in [0.2, 0.25) is 5.91 Å². The molecule has 176 valence electrons. The van der Waals surface area contributed by atoms with E-state index in [-0.39, 0.29) is 23.8 Å². The van der Waals surface area contributed by atoms with Crippen molar-refractivity contribution in [1.82, 2.24) is 14.8 Å². The fourth-order valence-corrected chi connectivity index (χ4v) is 4.40. The van der Waals surface area contributed by atoms with E-state index in [1.165, 1.54) is 17.3 Å². The zero-order chi connectivity index (χ0) is 24.1. The first-order valence-electron chi connectivity index (χ1n) is 11.4. The van der Waals surface area contributed by atoms with Crippen LogP contribution in [0.4, 0.5) is 5.69 Å². The molecule has 0 spiro atoms. The normalized spacial score (nSPS) is 12.3. The molecular formula is C26H34N4O2S. The minimum atomic E-state index is -0.275. The molecule has 0 radical (unpaired) electrons. The molecule has 1 aromatic heterocycles. The first-order chi connectivity index (χ1) is 15.7. The van der Waals surface area contributed by atoms with Gasteiger partial charge in [-0.3, -0.25) is 4.79 Å². The van der Waals surface area contributed by atoms with Gasteiger partial charge in [0.25, 0.3) is 0 Å². The van der Waals surface area contributed by atoms with Gasteiger partial charge in [-0.15, -0.1) is 10.2 Å². The van der Waals surface area contributed by atoms with Gasteiger partial charge in [0.05, 0.1) is 5.75 Å². The summed E-state index contributed by atoms with van der Waals surface area (Å²) in [5, 5.41) is 12.5. The lowest BCUT2D eigenvalue weighted by Gasteiger charge is -2.19. The van der Waals surface area contributed by atoms with Crippen LogP contribution in [-0.2, 0) is 4.79 Å². The Balaban J connectivity index is 1.68. The number of nitrogens with zero attached hydrogens (tertiary/aromatic N) is 3. The number of carbonyl (C=O) groups excluding carboxylic acids is 1. The average Bonchev–Trinajstić information content (AvgIpc) is 3.20. The number of ether oxygens (including phenoxy) is 1. The Kier molecular flexibility index (Phi) is 8.19.